The van der Waals surface area contributed by atoms with Crippen LogP contribution in [0.15, 0.2) is 36.9 Å². The molecule has 0 spiro atoms. The van der Waals surface area contributed by atoms with Crippen LogP contribution in [0.1, 0.15) is 30.1 Å². The minimum atomic E-state index is -0.677. The highest BCUT2D eigenvalue weighted by atomic mass is 16.3. The molecule has 5 nitrogen and oxygen atoms in total. The van der Waals surface area contributed by atoms with E-state index in [0.29, 0.717) is 6.54 Å². The van der Waals surface area contributed by atoms with Crippen LogP contribution in [-0.4, -0.2) is 19.9 Å². The fourth-order valence-electron chi connectivity index (χ4n) is 2.39. The zero-order chi connectivity index (χ0) is 13.3. The van der Waals surface area contributed by atoms with E-state index in [9.17, 15) is 10.4 Å². The number of aliphatic hydroxyl groups is 1. The molecule has 0 bridgehead atoms. The Balaban J connectivity index is 1.91. The summed E-state index contributed by atoms with van der Waals surface area (Å²) in [7, 11) is 0. The topological polar surface area (TPSA) is 74.7 Å². The fraction of sp³-hybridized carbons (Fsp3) is 0.357. The van der Waals surface area contributed by atoms with Gasteiger partial charge in [-0.2, -0.15) is 10.4 Å². The van der Waals surface area contributed by atoms with Gasteiger partial charge in [-0.25, -0.2) is 4.98 Å². The zero-order valence-electron chi connectivity index (χ0n) is 10.4. The second-order valence-electron chi connectivity index (χ2n) is 4.91. The van der Waals surface area contributed by atoms with Crippen molar-refractivity contribution in [2.24, 2.45) is 0 Å². The molecule has 3 rings (SSSR count). The first-order valence-electron chi connectivity index (χ1n) is 6.26. The third-order valence-electron chi connectivity index (χ3n) is 3.63. The maximum absolute atomic E-state index is 10.4. The molecule has 19 heavy (non-hydrogen) atoms. The normalized spacial score (nSPS) is 17.7. The Kier molecular flexibility index (Phi) is 2.80. The van der Waals surface area contributed by atoms with Gasteiger partial charge in [-0.3, -0.25) is 4.68 Å². The van der Waals surface area contributed by atoms with Crippen molar-refractivity contribution in [2.75, 3.05) is 0 Å². The largest absolute Gasteiger partial charge is 0.386 e. The summed E-state index contributed by atoms with van der Waals surface area (Å²) in [5.74, 6) is 0. The standard InChI is InChI=1S/C14H14N4O/c15-8-14(5-6-14)12-4-2-1-3-11(12)13(19)7-18-10-16-9-17-18/h1-4,9-10,13,19H,5-7H2. The Labute approximate surface area is 111 Å². The van der Waals surface area contributed by atoms with E-state index in [1.807, 2.05) is 24.3 Å². The van der Waals surface area contributed by atoms with E-state index >= 15 is 0 Å². The van der Waals surface area contributed by atoms with E-state index in [4.69, 9.17) is 0 Å². The molecule has 1 saturated carbocycles. The van der Waals surface area contributed by atoms with Gasteiger partial charge in [0.15, 0.2) is 0 Å². The van der Waals surface area contributed by atoms with Crippen LogP contribution in [0, 0.1) is 11.3 Å². The highest BCUT2D eigenvalue weighted by Gasteiger charge is 2.46. The van der Waals surface area contributed by atoms with Crippen molar-refractivity contribution in [2.45, 2.75) is 30.9 Å². The van der Waals surface area contributed by atoms with E-state index in [-0.39, 0.29) is 5.41 Å². The lowest BCUT2D eigenvalue weighted by Gasteiger charge is -2.18. The predicted molar refractivity (Wildman–Crippen MR) is 67.9 cm³/mol. The van der Waals surface area contributed by atoms with E-state index < -0.39 is 6.10 Å². The molecule has 0 radical (unpaired) electrons. The maximum Gasteiger partial charge on any atom is 0.137 e. The van der Waals surface area contributed by atoms with Crippen LogP contribution in [0.2, 0.25) is 0 Å². The molecule has 96 valence electrons. The lowest BCUT2D eigenvalue weighted by Crippen LogP contribution is -2.14. The second kappa shape index (κ2) is 4.48. The summed E-state index contributed by atoms with van der Waals surface area (Å²) in [5, 5.41) is 23.7. The summed E-state index contributed by atoms with van der Waals surface area (Å²) < 4.78 is 1.59. The number of aliphatic hydroxyl groups excluding tert-OH is 1. The molecule has 1 aliphatic carbocycles. The monoisotopic (exact) mass is 254 g/mol. The zero-order valence-corrected chi connectivity index (χ0v) is 10.4. The van der Waals surface area contributed by atoms with E-state index in [2.05, 4.69) is 16.2 Å². The molecule has 5 heteroatoms. The number of hydrogen-bond acceptors (Lipinski definition) is 4. The van der Waals surface area contributed by atoms with E-state index in [1.54, 1.807) is 11.0 Å². The van der Waals surface area contributed by atoms with Crippen molar-refractivity contribution >= 4 is 0 Å². The first-order valence-corrected chi connectivity index (χ1v) is 6.26. The summed E-state index contributed by atoms with van der Waals surface area (Å²) in [5.41, 5.74) is 1.38. The lowest BCUT2D eigenvalue weighted by atomic mass is 9.90. The summed E-state index contributed by atoms with van der Waals surface area (Å²) in [4.78, 5) is 3.86. The third kappa shape index (κ3) is 2.11. The van der Waals surface area contributed by atoms with Crippen molar-refractivity contribution < 1.29 is 5.11 Å². The van der Waals surface area contributed by atoms with Gasteiger partial charge in [0.05, 0.1) is 24.1 Å². The Hall–Kier alpha value is -2.19. The molecule has 1 heterocycles. The fourth-order valence-corrected chi connectivity index (χ4v) is 2.39. The van der Waals surface area contributed by atoms with Crippen LogP contribution >= 0.6 is 0 Å². The van der Waals surface area contributed by atoms with Crippen LogP contribution in [0.5, 0.6) is 0 Å². The van der Waals surface area contributed by atoms with Gasteiger partial charge < -0.3 is 5.11 Å². The number of nitriles is 1. The Morgan fingerprint density at radius 3 is 2.84 bits per heavy atom. The van der Waals surface area contributed by atoms with Crippen LogP contribution in [-0.2, 0) is 12.0 Å². The molecule has 2 aromatic rings. The van der Waals surface area contributed by atoms with Gasteiger partial charge in [0.1, 0.15) is 12.7 Å². The van der Waals surface area contributed by atoms with Crippen LogP contribution in [0.25, 0.3) is 0 Å². The second-order valence-corrected chi connectivity index (χ2v) is 4.91. The highest BCUT2D eigenvalue weighted by Crippen LogP contribution is 2.49. The molecule has 0 aliphatic heterocycles. The number of rotatable bonds is 4. The van der Waals surface area contributed by atoms with Crippen LogP contribution < -0.4 is 0 Å². The molecule has 1 aromatic carbocycles. The Bertz CT molecular complexity index is 611. The molecule has 0 amide bonds. The maximum atomic E-state index is 10.4. The molecule has 1 atom stereocenters. The van der Waals surface area contributed by atoms with Crippen molar-refractivity contribution in [3.8, 4) is 6.07 Å². The molecular weight excluding hydrogens is 240 g/mol. The molecule has 1 fully saturated rings. The molecule has 1 aliphatic rings. The smallest absolute Gasteiger partial charge is 0.137 e. The van der Waals surface area contributed by atoms with Crippen molar-refractivity contribution in [1.29, 1.82) is 5.26 Å². The average Bonchev–Trinajstić information content (AvgIpc) is 3.09. The molecule has 1 aromatic heterocycles. The van der Waals surface area contributed by atoms with Gasteiger partial charge in [0, 0.05) is 0 Å². The van der Waals surface area contributed by atoms with Gasteiger partial charge in [-0.1, -0.05) is 24.3 Å². The minimum absolute atomic E-state index is 0.346. The van der Waals surface area contributed by atoms with Crippen molar-refractivity contribution in [1.82, 2.24) is 14.8 Å². The first kappa shape index (κ1) is 11.9. The third-order valence-corrected chi connectivity index (χ3v) is 3.63. The quantitative estimate of drug-likeness (QED) is 0.898. The van der Waals surface area contributed by atoms with Gasteiger partial charge in [0.2, 0.25) is 0 Å². The van der Waals surface area contributed by atoms with Crippen molar-refractivity contribution in [3.05, 3.63) is 48.0 Å². The van der Waals surface area contributed by atoms with Gasteiger partial charge >= 0.3 is 0 Å². The van der Waals surface area contributed by atoms with Crippen LogP contribution in [0.3, 0.4) is 0 Å². The van der Waals surface area contributed by atoms with E-state index in [0.717, 1.165) is 24.0 Å². The highest BCUT2D eigenvalue weighted by molar-refractivity contribution is 5.45. The number of aromatic nitrogens is 3. The summed E-state index contributed by atoms with van der Waals surface area (Å²) in [6.45, 7) is 0.346. The SMILES string of the molecule is N#CC1(c2ccccc2C(O)Cn2cncn2)CC1. The van der Waals surface area contributed by atoms with Gasteiger partial charge in [-0.15, -0.1) is 0 Å². The number of nitrogens with zero attached hydrogens (tertiary/aromatic N) is 4. The van der Waals surface area contributed by atoms with Crippen LogP contribution in [0.4, 0.5) is 0 Å². The molecule has 1 N–H and O–H groups in total. The number of benzene rings is 1. The minimum Gasteiger partial charge on any atom is -0.386 e. The lowest BCUT2D eigenvalue weighted by molar-refractivity contribution is 0.150. The molecule has 0 saturated heterocycles. The number of hydrogen-bond donors (Lipinski definition) is 1. The van der Waals surface area contributed by atoms with Gasteiger partial charge in [0.25, 0.3) is 0 Å². The summed E-state index contributed by atoms with van der Waals surface area (Å²) >= 11 is 0. The summed E-state index contributed by atoms with van der Waals surface area (Å²) in [6.07, 6.45) is 4.08. The predicted octanol–water partition coefficient (Wildman–Crippen LogP) is 1.57. The van der Waals surface area contributed by atoms with Gasteiger partial charge in [-0.05, 0) is 24.0 Å². The molecular formula is C14H14N4O. The molecule has 1 unspecified atom stereocenters. The van der Waals surface area contributed by atoms with Crippen molar-refractivity contribution in [3.63, 3.8) is 0 Å². The Morgan fingerprint density at radius 2 is 2.21 bits per heavy atom. The average molecular weight is 254 g/mol. The summed E-state index contributed by atoms with van der Waals surface area (Å²) in [6, 6.07) is 10.0. The Morgan fingerprint density at radius 1 is 1.42 bits per heavy atom. The first-order chi connectivity index (χ1) is 9.25. The van der Waals surface area contributed by atoms with E-state index in [1.165, 1.54) is 6.33 Å².